The minimum atomic E-state index is -5.72. The van der Waals surface area contributed by atoms with Crippen molar-refractivity contribution < 1.29 is 72.4 Å². The first-order chi connectivity index (χ1) is 18.1. The van der Waals surface area contributed by atoms with Gasteiger partial charge in [0, 0.05) is 0 Å². The van der Waals surface area contributed by atoms with Gasteiger partial charge in [0.05, 0.1) is 19.5 Å². The van der Waals surface area contributed by atoms with Gasteiger partial charge in [-0.3, -0.25) is 18.9 Å². The van der Waals surface area contributed by atoms with E-state index < -0.39 is 89.7 Å². The highest BCUT2D eigenvalue weighted by molar-refractivity contribution is 7.61. The zero-order chi connectivity index (χ0) is 28.9. The molecule has 0 bridgehead atoms. The van der Waals surface area contributed by atoms with Crippen molar-refractivity contribution in [3.05, 3.63) is 16.7 Å². The summed E-state index contributed by atoms with van der Waals surface area (Å²) in [6.07, 6.45) is -11.3. The van der Waals surface area contributed by atoms with Gasteiger partial charge < -0.3 is 55.6 Å². The Morgan fingerprint density at radius 2 is 1.85 bits per heavy atom. The molecule has 0 saturated carbocycles. The van der Waals surface area contributed by atoms with Gasteiger partial charge in [0.25, 0.3) is 5.56 Å². The number of aliphatic hydroxyl groups excluding tert-OH is 6. The zero-order valence-corrected chi connectivity index (χ0v) is 21.2. The number of nitrogens with two attached hydrogens (primary N) is 1. The molecule has 0 radical (unpaired) electrons. The van der Waals surface area contributed by atoms with Gasteiger partial charge in [-0.05, 0) is 0 Å². The topological polar surface area (TPSA) is 332 Å². The van der Waals surface area contributed by atoms with Gasteiger partial charge in [0.2, 0.25) is 11.7 Å². The lowest BCUT2D eigenvalue weighted by molar-refractivity contribution is -0.322. The molecular weight excluding hydrogens is 580 g/mol. The minimum Gasteiger partial charge on any atom is -0.391 e. The number of hydrogen-bond acceptors (Lipinski definition) is 17. The predicted octanol–water partition coefficient (Wildman–Crippen LogP) is -4.63. The third-order valence-electron chi connectivity index (χ3n) is 5.83. The summed E-state index contributed by atoms with van der Waals surface area (Å²) in [7, 11) is -11.3. The Kier molecular flexibility index (Phi) is 8.34. The molecule has 10 atom stereocenters. The number of hydrogen-bond donors (Lipinski definition) is 10. The van der Waals surface area contributed by atoms with Crippen LogP contribution in [0.4, 0.5) is 5.95 Å². The molecule has 2 aliphatic heterocycles. The summed E-state index contributed by atoms with van der Waals surface area (Å²) >= 11 is 0. The number of imidazole rings is 1. The molecule has 0 aliphatic carbocycles. The molecule has 4 rings (SSSR count). The Labute approximate surface area is 216 Å². The van der Waals surface area contributed by atoms with E-state index in [-0.39, 0.29) is 17.1 Å². The highest BCUT2D eigenvalue weighted by Gasteiger charge is 2.55. The van der Waals surface area contributed by atoms with E-state index in [0.29, 0.717) is 0 Å². The van der Waals surface area contributed by atoms with Crippen molar-refractivity contribution in [1.82, 2.24) is 19.5 Å². The van der Waals surface area contributed by atoms with Crippen LogP contribution in [0.1, 0.15) is 6.23 Å². The Morgan fingerprint density at radius 3 is 2.51 bits per heavy atom. The first-order valence-electron chi connectivity index (χ1n) is 10.8. The van der Waals surface area contributed by atoms with Gasteiger partial charge in [-0.15, -0.1) is 0 Å². The number of nitrogen functional groups attached to an aromatic ring is 1. The third kappa shape index (κ3) is 5.93. The second-order valence-corrected chi connectivity index (χ2v) is 11.5. The molecule has 2 aliphatic rings. The van der Waals surface area contributed by atoms with E-state index in [9.17, 15) is 54.4 Å². The highest BCUT2D eigenvalue weighted by Crippen LogP contribution is 2.62. The number of aromatic nitrogens is 4. The van der Waals surface area contributed by atoms with Crippen LogP contribution in [0.3, 0.4) is 0 Å². The molecule has 39 heavy (non-hydrogen) atoms. The van der Waals surface area contributed by atoms with Crippen LogP contribution in [0.15, 0.2) is 11.1 Å². The second-order valence-electron chi connectivity index (χ2n) is 8.51. The van der Waals surface area contributed by atoms with Crippen LogP contribution in [0.2, 0.25) is 0 Å². The number of fused-ring (bicyclic) bond motifs is 1. The molecule has 0 aromatic carbocycles. The van der Waals surface area contributed by atoms with E-state index in [0.717, 1.165) is 10.9 Å². The van der Waals surface area contributed by atoms with E-state index >= 15 is 0 Å². The van der Waals surface area contributed by atoms with Crippen LogP contribution in [0.5, 0.6) is 0 Å². The van der Waals surface area contributed by atoms with E-state index in [1.54, 1.807) is 0 Å². The largest absolute Gasteiger partial charge is 0.483 e. The van der Waals surface area contributed by atoms with Gasteiger partial charge in [-0.2, -0.15) is 9.29 Å². The van der Waals surface area contributed by atoms with E-state index in [1.165, 1.54) is 0 Å². The van der Waals surface area contributed by atoms with Crippen LogP contribution >= 0.6 is 15.6 Å². The summed E-state index contributed by atoms with van der Waals surface area (Å²) < 4.78 is 49.3. The molecule has 0 spiro atoms. The molecule has 4 heterocycles. The van der Waals surface area contributed by atoms with Crippen molar-refractivity contribution in [1.29, 1.82) is 0 Å². The average molecular weight is 605 g/mol. The molecule has 2 aromatic heterocycles. The Hall–Kier alpha value is -1.91. The maximum Gasteiger partial charge on any atom is 0.483 e. The number of anilines is 1. The second kappa shape index (κ2) is 10.8. The predicted molar refractivity (Wildman–Crippen MR) is 120 cm³/mol. The molecule has 220 valence electrons. The van der Waals surface area contributed by atoms with Crippen molar-refractivity contribution in [2.75, 3.05) is 25.6 Å². The number of phosphoric ester groups is 2. The number of ether oxygens (including phenoxy) is 2. The highest BCUT2D eigenvalue weighted by atomic mass is 31.3. The maximum atomic E-state index is 12.4. The molecule has 23 heteroatoms. The average Bonchev–Trinajstić information content (AvgIpc) is 3.38. The number of aliphatic hydroxyl groups is 6. The first-order valence-corrected chi connectivity index (χ1v) is 13.8. The van der Waals surface area contributed by atoms with Crippen molar-refractivity contribution in [3.63, 3.8) is 0 Å². The normalized spacial score (nSPS) is 36.6. The van der Waals surface area contributed by atoms with Crippen LogP contribution < -0.4 is 11.3 Å². The summed E-state index contributed by atoms with van der Waals surface area (Å²) in [5.74, 6) is -3.12. The lowest BCUT2D eigenvalue weighted by atomic mass is 9.98. The SMILES string of the molecule is Nc1nc2c(ncn2[C@@H]2O[C@H](COP(=O)(O)OP(=O)(O)O[C@@]3(CO)OC[C@@H](O)[C@@H](O)[C@@H]3O)[C@@H](O)[C@H]2O)c(=O)[nH]1. The molecule has 2 saturated heterocycles. The van der Waals surface area contributed by atoms with Gasteiger partial charge in [0.15, 0.2) is 17.4 Å². The van der Waals surface area contributed by atoms with E-state index in [2.05, 4.69) is 28.3 Å². The molecule has 2 aromatic rings. The van der Waals surface area contributed by atoms with Gasteiger partial charge >= 0.3 is 15.6 Å². The fourth-order valence-electron chi connectivity index (χ4n) is 3.89. The van der Waals surface area contributed by atoms with E-state index in [4.69, 9.17) is 15.2 Å². The lowest BCUT2D eigenvalue weighted by Crippen LogP contribution is -2.63. The van der Waals surface area contributed by atoms with Gasteiger partial charge in [0.1, 0.15) is 43.2 Å². The quantitative estimate of drug-likeness (QED) is 0.120. The number of H-pyrrole nitrogens is 1. The molecule has 11 N–H and O–H groups in total. The zero-order valence-electron chi connectivity index (χ0n) is 19.4. The summed E-state index contributed by atoms with van der Waals surface area (Å²) in [5, 5.41) is 59.6. The first kappa shape index (κ1) is 30.1. The molecule has 2 fully saturated rings. The van der Waals surface area contributed by atoms with Gasteiger partial charge in [-0.1, -0.05) is 0 Å². The van der Waals surface area contributed by atoms with Crippen molar-refractivity contribution >= 4 is 32.8 Å². The molecule has 0 amide bonds. The Bertz CT molecular complexity index is 1360. The van der Waals surface area contributed by atoms with Crippen molar-refractivity contribution in [2.24, 2.45) is 0 Å². The minimum absolute atomic E-state index is 0.119. The molecule has 21 nitrogen and oxygen atoms in total. The number of aromatic amines is 1. The summed E-state index contributed by atoms with van der Waals surface area (Å²) in [6.45, 7) is -3.14. The third-order valence-corrected chi connectivity index (χ3v) is 8.49. The summed E-state index contributed by atoms with van der Waals surface area (Å²) in [6, 6.07) is 0. The Morgan fingerprint density at radius 1 is 1.15 bits per heavy atom. The number of phosphoric acid groups is 2. The number of rotatable bonds is 9. The monoisotopic (exact) mass is 605 g/mol. The summed E-state index contributed by atoms with van der Waals surface area (Å²) in [4.78, 5) is 41.8. The van der Waals surface area contributed by atoms with Crippen LogP contribution in [-0.2, 0) is 32.0 Å². The summed E-state index contributed by atoms with van der Waals surface area (Å²) in [5.41, 5.74) is 4.53. The van der Waals surface area contributed by atoms with Crippen LogP contribution in [0, 0.1) is 0 Å². The van der Waals surface area contributed by atoms with Crippen LogP contribution in [0.25, 0.3) is 11.2 Å². The number of nitrogens with zero attached hydrogens (tertiary/aromatic N) is 3. The molecule has 2 unspecified atom stereocenters. The van der Waals surface area contributed by atoms with Crippen LogP contribution in [-0.4, -0.2) is 122 Å². The standard InChI is InChI=1S/C16H25N5O16P2/c17-15-19-12-7(13(28)20-15)18-4-21(12)14-10(26)9(25)6(35-14)2-34-38(29,30)37-39(31,32)36-16(3-22)11(27)8(24)5(23)1-33-16/h4-6,8-11,14,22-27H,1-3H2,(H,29,30)(H,31,32)(H3,17,19,20,28)/t5-,6-,8-,9-,10-,11+,14-,16-/m1/s1. The molecular formula is C16H25N5O16P2. The lowest BCUT2D eigenvalue weighted by Gasteiger charge is -2.43. The fourth-order valence-corrected chi connectivity index (χ4v) is 6.20. The number of nitrogens with one attached hydrogen (secondary N) is 1. The van der Waals surface area contributed by atoms with E-state index in [1.807, 2.05) is 0 Å². The van der Waals surface area contributed by atoms with Crippen molar-refractivity contribution in [3.8, 4) is 0 Å². The van der Waals surface area contributed by atoms with Crippen molar-refractivity contribution in [2.45, 2.75) is 48.6 Å². The van der Waals surface area contributed by atoms with Gasteiger partial charge in [-0.25, -0.2) is 18.6 Å². The fraction of sp³-hybridized carbons (Fsp3) is 0.688. The Balaban J connectivity index is 1.42. The maximum absolute atomic E-state index is 12.4. The smallest absolute Gasteiger partial charge is 0.391 e.